The van der Waals surface area contributed by atoms with E-state index in [1.54, 1.807) is 19.2 Å². The molecule has 0 saturated heterocycles. The summed E-state index contributed by atoms with van der Waals surface area (Å²) in [7, 11) is 1.57. The Morgan fingerprint density at radius 1 is 1.13 bits per heavy atom. The molecule has 0 aliphatic rings. The predicted octanol–water partition coefficient (Wildman–Crippen LogP) is 3.32. The van der Waals surface area contributed by atoms with Crippen molar-refractivity contribution in [2.45, 2.75) is 10.8 Å². The lowest BCUT2D eigenvalue weighted by atomic mass is 10.0. The first-order valence-electron chi connectivity index (χ1n) is 9.02. The average molecular weight is 436 g/mol. The van der Waals surface area contributed by atoms with E-state index < -0.39 is 5.82 Å². The number of anilines is 1. The van der Waals surface area contributed by atoms with Crippen LogP contribution in [0.2, 0.25) is 0 Å². The highest BCUT2D eigenvalue weighted by Crippen LogP contribution is 2.36. The molecular weight excluding hydrogens is 419 g/mol. The summed E-state index contributed by atoms with van der Waals surface area (Å²) >= 11 is 1.13. The van der Waals surface area contributed by atoms with E-state index in [9.17, 15) is 14.9 Å². The highest BCUT2D eigenvalue weighted by molar-refractivity contribution is 7.98. The van der Waals surface area contributed by atoms with Crippen LogP contribution < -0.4 is 10.5 Å². The van der Waals surface area contributed by atoms with Crippen molar-refractivity contribution >= 4 is 17.6 Å². The summed E-state index contributed by atoms with van der Waals surface area (Å²) in [4.78, 5) is 12.4. The highest BCUT2D eigenvalue weighted by Gasteiger charge is 2.22. The molecule has 3 aromatic heterocycles. The number of nitrogen functional groups attached to an aromatic ring is 1. The molecule has 8 nitrogen and oxygen atoms in total. The van der Waals surface area contributed by atoms with Crippen molar-refractivity contribution in [2.24, 2.45) is 0 Å². The van der Waals surface area contributed by atoms with Gasteiger partial charge in [0.25, 0.3) is 0 Å². The van der Waals surface area contributed by atoms with Gasteiger partial charge in [-0.3, -0.25) is 9.97 Å². The maximum absolute atomic E-state index is 13.9. The number of halogens is 1. The van der Waals surface area contributed by atoms with Gasteiger partial charge in [0.2, 0.25) is 0 Å². The van der Waals surface area contributed by atoms with Gasteiger partial charge in [0.05, 0.1) is 24.1 Å². The number of nitrogens with zero attached hydrogens (tertiary/aromatic N) is 5. The van der Waals surface area contributed by atoms with Crippen molar-refractivity contribution in [3.63, 3.8) is 0 Å². The van der Waals surface area contributed by atoms with Gasteiger partial charge in [0.1, 0.15) is 46.7 Å². The average Bonchev–Trinajstić information content (AvgIpc) is 2.78. The Labute approximate surface area is 182 Å². The molecule has 0 amide bonds. The first kappa shape index (κ1) is 22.0. The number of aromatic nitrogens is 3. The molecule has 0 aliphatic heterocycles. The number of rotatable bonds is 8. The number of hydrogen-bond acceptors (Lipinski definition) is 9. The molecule has 0 aliphatic carbocycles. The molecule has 10 heteroatoms. The molecule has 2 N–H and O–H groups in total. The zero-order valence-corrected chi connectivity index (χ0v) is 17.3. The van der Waals surface area contributed by atoms with Crippen LogP contribution in [0.15, 0.2) is 41.8 Å². The third kappa shape index (κ3) is 5.07. The molecule has 3 aromatic rings. The molecule has 31 heavy (non-hydrogen) atoms. The quantitative estimate of drug-likeness (QED) is 0.417. The first-order valence-corrected chi connectivity index (χ1v) is 10.0. The van der Waals surface area contributed by atoms with E-state index in [1.807, 2.05) is 6.07 Å². The molecule has 3 rings (SSSR count). The van der Waals surface area contributed by atoms with Gasteiger partial charge < -0.3 is 15.2 Å². The van der Waals surface area contributed by atoms with E-state index in [2.05, 4.69) is 21.0 Å². The highest BCUT2D eigenvalue weighted by atomic mass is 32.2. The molecule has 0 saturated carbocycles. The third-order valence-corrected chi connectivity index (χ3v) is 5.20. The number of pyridine rings is 3. The molecule has 0 atom stereocenters. The van der Waals surface area contributed by atoms with E-state index >= 15 is 0 Å². The SMILES string of the molecule is COCCOc1ccc(-c2c(C#N)c(N)nc(SCc3cnccc3F)c2C#N)nc1. The number of ether oxygens (including phenoxy) is 2. The zero-order chi connectivity index (χ0) is 22.2. The van der Waals surface area contributed by atoms with E-state index in [4.69, 9.17) is 15.2 Å². The topological polar surface area (TPSA) is 131 Å². The first-order chi connectivity index (χ1) is 15.1. The van der Waals surface area contributed by atoms with Gasteiger partial charge in [0, 0.05) is 36.4 Å². The van der Waals surface area contributed by atoms with Crippen molar-refractivity contribution in [1.29, 1.82) is 10.5 Å². The van der Waals surface area contributed by atoms with Gasteiger partial charge in [-0.25, -0.2) is 9.37 Å². The van der Waals surface area contributed by atoms with Crippen LogP contribution in [-0.4, -0.2) is 35.3 Å². The summed E-state index contributed by atoms with van der Waals surface area (Å²) in [5.41, 5.74) is 7.19. The molecule has 0 radical (unpaired) electrons. The summed E-state index contributed by atoms with van der Waals surface area (Å²) < 4.78 is 24.4. The number of methoxy groups -OCH3 is 1. The lowest BCUT2D eigenvalue weighted by Crippen LogP contribution is -2.06. The van der Waals surface area contributed by atoms with Crippen molar-refractivity contribution in [3.05, 3.63) is 59.3 Å². The van der Waals surface area contributed by atoms with E-state index in [1.165, 1.54) is 24.7 Å². The molecule has 0 unspecified atom stereocenters. The van der Waals surface area contributed by atoms with Crippen LogP contribution in [0.5, 0.6) is 5.75 Å². The summed E-state index contributed by atoms with van der Waals surface area (Å²) in [6.07, 6.45) is 4.25. The van der Waals surface area contributed by atoms with Crippen molar-refractivity contribution < 1.29 is 13.9 Å². The number of hydrogen-bond donors (Lipinski definition) is 1. The van der Waals surface area contributed by atoms with Crippen LogP contribution in [0.4, 0.5) is 10.2 Å². The Hall–Kier alpha value is -3.73. The summed E-state index contributed by atoms with van der Waals surface area (Å²) in [6, 6.07) is 8.65. The van der Waals surface area contributed by atoms with Gasteiger partial charge in [-0.1, -0.05) is 0 Å². The number of nitrogens with two attached hydrogens (primary N) is 1. The van der Waals surface area contributed by atoms with Gasteiger partial charge in [-0.2, -0.15) is 10.5 Å². The van der Waals surface area contributed by atoms with Gasteiger partial charge in [-0.15, -0.1) is 11.8 Å². The van der Waals surface area contributed by atoms with Crippen molar-refractivity contribution in [3.8, 4) is 29.1 Å². The van der Waals surface area contributed by atoms with Crippen LogP contribution in [-0.2, 0) is 10.5 Å². The van der Waals surface area contributed by atoms with Gasteiger partial charge >= 0.3 is 0 Å². The molecule has 0 aromatic carbocycles. The summed E-state index contributed by atoms with van der Waals surface area (Å²) in [5.74, 6) is 0.259. The van der Waals surface area contributed by atoms with Crippen molar-refractivity contribution in [2.75, 3.05) is 26.1 Å². The second-order valence-corrected chi connectivity index (χ2v) is 7.09. The Kier molecular flexibility index (Phi) is 7.33. The van der Waals surface area contributed by atoms with Crippen LogP contribution in [0.3, 0.4) is 0 Å². The van der Waals surface area contributed by atoms with Crippen molar-refractivity contribution in [1.82, 2.24) is 15.0 Å². The van der Waals surface area contributed by atoms with Gasteiger partial charge in [0.15, 0.2) is 0 Å². The number of thioether (sulfide) groups is 1. The molecule has 156 valence electrons. The monoisotopic (exact) mass is 436 g/mol. The van der Waals surface area contributed by atoms with E-state index in [0.717, 1.165) is 11.8 Å². The Balaban J connectivity index is 1.98. The smallest absolute Gasteiger partial charge is 0.143 e. The van der Waals surface area contributed by atoms with E-state index in [-0.39, 0.29) is 33.3 Å². The van der Waals surface area contributed by atoms with Crippen LogP contribution in [0.1, 0.15) is 16.7 Å². The lowest BCUT2D eigenvalue weighted by molar-refractivity contribution is 0.146. The third-order valence-electron chi connectivity index (χ3n) is 4.17. The second-order valence-electron chi connectivity index (χ2n) is 6.13. The maximum Gasteiger partial charge on any atom is 0.143 e. The minimum atomic E-state index is -0.409. The fraction of sp³-hybridized carbons (Fsp3) is 0.190. The fourth-order valence-electron chi connectivity index (χ4n) is 2.68. The Morgan fingerprint density at radius 3 is 2.58 bits per heavy atom. The Bertz CT molecular complexity index is 1160. The van der Waals surface area contributed by atoms with Gasteiger partial charge in [-0.05, 0) is 18.2 Å². The maximum atomic E-state index is 13.9. The zero-order valence-electron chi connectivity index (χ0n) is 16.5. The van der Waals surface area contributed by atoms with Crippen LogP contribution in [0, 0.1) is 28.5 Å². The largest absolute Gasteiger partial charge is 0.490 e. The molecule has 0 spiro atoms. The predicted molar refractivity (Wildman–Crippen MR) is 112 cm³/mol. The minimum absolute atomic E-state index is 0.0344. The summed E-state index contributed by atoms with van der Waals surface area (Å²) in [6.45, 7) is 0.788. The number of nitriles is 2. The summed E-state index contributed by atoms with van der Waals surface area (Å²) in [5, 5.41) is 19.7. The molecule has 3 heterocycles. The second kappa shape index (κ2) is 10.3. The Morgan fingerprint density at radius 2 is 1.94 bits per heavy atom. The van der Waals surface area contributed by atoms with Crippen LogP contribution in [0.25, 0.3) is 11.3 Å². The standard InChI is InChI=1S/C21H17FN6O2S/c1-29-6-7-30-14-2-3-18(27-11-14)19-15(8-23)20(25)28-21(16(19)9-24)31-12-13-10-26-5-4-17(13)22/h2-5,10-11H,6-7,12H2,1H3,(H2,25,28). The molecular formula is C21H17FN6O2S. The molecule has 0 bridgehead atoms. The molecule has 0 fully saturated rings. The minimum Gasteiger partial charge on any atom is -0.490 e. The fourth-order valence-corrected chi connectivity index (χ4v) is 3.64. The van der Waals surface area contributed by atoms with E-state index in [0.29, 0.717) is 30.2 Å². The van der Waals surface area contributed by atoms with Crippen LogP contribution >= 0.6 is 11.8 Å². The lowest BCUT2D eigenvalue weighted by Gasteiger charge is -2.13. The normalized spacial score (nSPS) is 10.3.